The lowest BCUT2D eigenvalue weighted by Crippen LogP contribution is -2.42. The van der Waals surface area contributed by atoms with Gasteiger partial charge in [-0.2, -0.15) is 0 Å². The molecule has 10 nitrogen and oxygen atoms in total. The first kappa shape index (κ1) is 32.8. The first-order valence-electron chi connectivity index (χ1n) is 14.8. The summed E-state index contributed by atoms with van der Waals surface area (Å²) in [5, 5.41) is 2.92. The zero-order valence-corrected chi connectivity index (χ0v) is 27.8. The second kappa shape index (κ2) is 14.6. The van der Waals surface area contributed by atoms with Crippen molar-refractivity contribution < 1.29 is 19.2 Å². The first-order chi connectivity index (χ1) is 22.1. The highest BCUT2D eigenvalue weighted by Crippen LogP contribution is 2.35. The monoisotopic (exact) mass is 730 g/mol. The van der Waals surface area contributed by atoms with E-state index < -0.39 is 5.91 Å². The van der Waals surface area contributed by atoms with Crippen LogP contribution in [0.1, 0.15) is 53.8 Å². The minimum Gasteiger partial charge on any atom is -0.368 e. The number of nitrogens with two attached hydrogens (primary N) is 1. The van der Waals surface area contributed by atoms with Gasteiger partial charge in [-0.1, -0.05) is 24.3 Å². The maximum absolute atomic E-state index is 14.1. The van der Waals surface area contributed by atoms with E-state index in [9.17, 15) is 19.2 Å². The van der Waals surface area contributed by atoms with Crippen LogP contribution in [0, 0.1) is 3.57 Å². The molecule has 1 aliphatic rings. The topological polar surface area (TPSA) is 129 Å². The van der Waals surface area contributed by atoms with Gasteiger partial charge < -0.3 is 25.8 Å². The molecule has 1 atom stereocenters. The molecule has 0 radical (unpaired) electrons. The van der Waals surface area contributed by atoms with Gasteiger partial charge in [0.1, 0.15) is 0 Å². The van der Waals surface area contributed by atoms with E-state index in [-0.39, 0.29) is 36.9 Å². The predicted octanol–water partition coefficient (Wildman–Crippen LogP) is 4.37. The van der Waals surface area contributed by atoms with Gasteiger partial charge >= 0.3 is 0 Å². The molecule has 1 unspecified atom stereocenters. The number of rotatable bonds is 11. The number of benzene rings is 3. The molecule has 0 saturated heterocycles. The summed E-state index contributed by atoms with van der Waals surface area (Å²) in [6, 6.07) is 23.3. The molecule has 4 amide bonds. The number of carbonyl (C=O) groups is 4. The fourth-order valence-electron chi connectivity index (χ4n) is 5.40. The van der Waals surface area contributed by atoms with Crippen molar-refractivity contribution >= 4 is 51.9 Å². The number of hydrogen-bond acceptors (Lipinski definition) is 6. The van der Waals surface area contributed by atoms with Crippen LogP contribution in [0.25, 0.3) is 0 Å². The Morgan fingerprint density at radius 1 is 0.978 bits per heavy atom. The van der Waals surface area contributed by atoms with E-state index in [1.807, 2.05) is 67.5 Å². The van der Waals surface area contributed by atoms with Crippen LogP contribution in [0.2, 0.25) is 0 Å². The summed E-state index contributed by atoms with van der Waals surface area (Å²) in [4.78, 5) is 61.3. The Labute approximate surface area is 281 Å². The van der Waals surface area contributed by atoms with E-state index >= 15 is 0 Å². The van der Waals surface area contributed by atoms with Crippen LogP contribution in [-0.4, -0.2) is 77.0 Å². The number of carbonyl (C=O) groups excluding carboxylic acids is 4. The third kappa shape index (κ3) is 7.96. The summed E-state index contributed by atoms with van der Waals surface area (Å²) >= 11 is 2.19. The lowest BCUT2D eigenvalue weighted by molar-refractivity contribution is -0.118. The molecule has 0 bridgehead atoms. The molecule has 3 N–H and O–H groups in total. The number of pyridine rings is 1. The Bertz CT molecular complexity index is 1730. The first-order valence-corrected chi connectivity index (χ1v) is 15.9. The molecule has 5 rings (SSSR count). The van der Waals surface area contributed by atoms with Gasteiger partial charge in [-0.25, -0.2) is 0 Å². The van der Waals surface area contributed by atoms with Gasteiger partial charge in [-0.15, -0.1) is 0 Å². The van der Waals surface area contributed by atoms with Crippen LogP contribution in [0.3, 0.4) is 0 Å². The van der Waals surface area contributed by atoms with E-state index in [1.54, 1.807) is 47.6 Å². The van der Waals surface area contributed by atoms with Crippen LogP contribution < -0.4 is 11.1 Å². The van der Waals surface area contributed by atoms with Crippen molar-refractivity contribution in [1.29, 1.82) is 0 Å². The minimum absolute atomic E-state index is 0.170. The standard InChI is InChI=1S/C35H35IN6O4/c1-40(2)16-17-41(22-32(37)43)34(45)25-7-5-23(6-8-25)21-42-31(27-4-3-15-38-20-27)18-26-11-14-29(19-30(26)35(42)46)39-33(44)24-9-12-28(36)13-10-24/h3-15,19-20,31H,16-18,21-22H2,1-2H3,(H2,37,43)(H,39,44). The second-order valence-electron chi connectivity index (χ2n) is 11.5. The molecule has 11 heteroatoms. The number of fused-ring (bicyclic) bond motifs is 1. The zero-order valence-electron chi connectivity index (χ0n) is 25.7. The van der Waals surface area contributed by atoms with Crippen LogP contribution in [0.5, 0.6) is 0 Å². The van der Waals surface area contributed by atoms with Crippen molar-refractivity contribution in [3.63, 3.8) is 0 Å². The van der Waals surface area contributed by atoms with E-state index in [1.165, 1.54) is 4.90 Å². The summed E-state index contributed by atoms with van der Waals surface area (Å²) in [6.07, 6.45) is 4.04. The zero-order chi connectivity index (χ0) is 32.8. The average Bonchev–Trinajstić information content (AvgIpc) is 3.05. The molecule has 46 heavy (non-hydrogen) atoms. The largest absolute Gasteiger partial charge is 0.368 e. The quantitative estimate of drug-likeness (QED) is 0.221. The van der Waals surface area contributed by atoms with E-state index in [4.69, 9.17) is 5.73 Å². The van der Waals surface area contributed by atoms with Crippen LogP contribution in [-0.2, 0) is 17.8 Å². The van der Waals surface area contributed by atoms with E-state index in [2.05, 4.69) is 32.9 Å². The summed E-state index contributed by atoms with van der Waals surface area (Å²) in [6.45, 7) is 1.06. The van der Waals surface area contributed by atoms with Gasteiger partial charge in [0.2, 0.25) is 5.91 Å². The van der Waals surface area contributed by atoms with Crippen molar-refractivity contribution in [3.05, 3.63) is 128 Å². The van der Waals surface area contributed by atoms with E-state index in [0.717, 1.165) is 20.3 Å². The fourth-order valence-corrected chi connectivity index (χ4v) is 5.76. The molecule has 1 aromatic heterocycles. The number of hydrogen-bond donors (Lipinski definition) is 2. The highest BCUT2D eigenvalue weighted by atomic mass is 127. The second-order valence-corrected chi connectivity index (χ2v) is 12.7. The van der Waals surface area contributed by atoms with Gasteiger partial charge in [0.25, 0.3) is 17.7 Å². The number of nitrogens with one attached hydrogen (secondary N) is 1. The van der Waals surface area contributed by atoms with Gasteiger partial charge in [0.15, 0.2) is 0 Å². The molecule has 3 aromatic carbocycles. The summed E-state index contributed by atoms with van der Waals surface area (Å²) < 4.78 is 1.03. The lowest BCUT2D eigenvalue weighted by Gasteiger charge is -2.37. The Kier molecular flexibility index (Phi) is 10.4. The number of aromatic nitrogens is 1. The number of amides is 4. The predicted molar refractivity (Wildman–Crippen MR) is 184 cm³/mol. The molecule has 0 fully saturated rings. The Balaban J connectivity index is 1.38. The third-order valence-electron chi connectivity index (χ3n) is 7.83. The molecular weight excluding hydrogens is 695 g/mol. The Morgan fingerprint density at radius 2 is 1.70 bits per heavy atom. The van der Waals surface area contributed by atoms with Crippen LogP contribution >= 0.6 is 22.6 Å². The molecular formula is C35H35IN6O4. The maximum atomic E-state index is 14.1. The Hall–Kier alpha value is -4.62. The lowest BCUT2D eigenvalue weighted by atomic mass is 9.89. The van der Waals surface area contributed by atoms with Crippen molar-refractivity contribution in [2.45, 2.75) is 19.0 Å². The normalized spacial score (nSPS) is 14.1. The SMILES string of the molecule is CN(C)CCN(CC(N)=O)C(=O)c1ccc(CN2C(=O)c3cc(NC(=O)c4ccc(I)cc4)ccc3CC2c2cccnc2)cc1. The van der Waals surface area contributed by atoms with Gasteiger partial charge in [0, 0.05) is 58.0 Å². The number of anilines is 1. The summed E-state index contributed by atoms with van der Waals surface area (Å²) in [5.41, 5.74) is 10.0. The maximum Gasteiger partial charge on any atom is 0.255 e. The van der Waals surface area contributed by atoms with E-state index in [0.29, 0.717) is 41.9 Å². The number of halogens is 1. The average molecular weight is 731 g/mol. The highest BCUT2D eigenvalue weighted by molar-refractivity contribution is 14.1. The number of likely N-dealkylation sites (N-methyl/N-ethyl adjacent to an activating group) is 1. The molecule has 0 saturated carbocycles. The molecule has 0 spiro atoms. The fraction of sp³-hybridized carbons (Fsp3) is 0.229. The number of primary amides is 1. The van der Waals surface area contributed by atoms with Gasteiger partial charge in [-0.05, 0) is 114 Å². The van der Waals surface area contributed by atoms with Gasteiger partial charge in [0.05, 0.1) is 12.6 Å². The molecule has 236 valence electrons. The van der Waals surface area contributed by atoms with Crippen LogP contribution in [0.4, 0.5) is 5.69 Å². The molecule has 0 aliphatic carbocycles. The summed E-state index contributed by atoms with van der Waals surface area (Å²) in [7, 11) is 3.78. The minimum atomic E-state index is -0.577. The van der Waals surface area contributed by atoms with Crippen LogP contribution in [0.15, 0.2) is 91.3 Å². The van der Waals surface area contributed by atoms with Crippen molar-refractivity contribution in [1.82, 2.24) is 19.7 Å². The molecule has 4 aromatic rings. The smallest absolute Gasteiger partial charge is 0.255 e. The van der Waals surface area contributed by atoms with Gasteiger partial charge in [-0.3, -0.25) is 24.2 Å². The molecule has 2 heterocycles. The Morgan fingerprint density at radius 3 is 2.35 bits per heavy atom. The number of nitrogens with zero attached hydrogens (tertiary/aromatic N) is 4. The summed E-state index contributed by atoms with van der Waals surface area (Å²) in [5.74, 6) is -1.29. The molecule has 1 aliphatic heterocycles. The third-order valence-corrected chi connectivity index (χ3v) is 8.55. The highest BCUT2D eigenvalue weighted by Gasteiger charge is 2.34. The van der Waals surface area contributed by atoms with Crippen molar-refractivity contribution in [2.24, 2.45) is 5.73 Å². The van der Waals surface area contributed by atoms with Crippen molar-refractivity contribution in [3.8, 4) is 0 Å². The van der Waals surface area contributed by atoms with Crippen molar-refractivity contribution in [2.75, 3.05) is 39.0 Å².